The van der Waals surface area contributed by atoms with Crippen LogP contribution in [-0.2, 0) is 4.74 Å². The topological polar surface area (TPSA) is 66.8 Å². The van der Waals surface area contributed by atoms with E-state index in [2.05, 4.69) is 0 Å². The molecule has 0 fully saturated rings. The van der Waals surface area contributed by atoms with Crippen LogP contribution < -0.4 is 0 Å². The molecule has 5 heteroatoms. The van der Waals surface area contributed by atoms with Crippen LogP contribution >= 0.6 is 11.6 Å². The van der Waals surface area contributed by atoms with Gasteiger partial charge in [-0.1, -0.05) is 31.9 Å². The number of benzene rings is 1. The summed E-state index contributed by atoms with van der Waals surface area (Å²) in [4.78, 5) is 11.2. The number of esters is 1. The Morgan fingerprint density at radius 3 is 2.21 bits per heavy atom. The van der Waals surface area contributed by atoms with E-state index in [0.29, 0.717) is 18.6 Å². The summed E-state index contributed by atoms with van der Waals surface area (Å²) in [6.07, 6.45) is 2.45. The molecule has 1 unspecified atom stereocenters. The normalized spacial score (nSPS) is 11.2. The Labute approximate surface area is 119 Å². The van der Waals surface area contributed by atoms with Crippen molar-refractivity contribution in [1.29, 1.82) is 0 Å². The summed E-state index contributed by atoms with van der Waals surface area (Å²) in [6, 6.07) is 5.99. The highest BCUT2D eigenvalue weighted by Crippen LogP contribution is 2.10. The van der Waals surface area contributed by atoms with Gasteiger partial charge in [0.2, 0.25) is 0 Å². The Morgan fingerprint density at radius 1 is 1.26 bits per heavy atom. The predicted molar refractivity (Wildman–Crippen MR) is 75.4 cm³/mol. The minimum Gasteiger partial charge on any atom is -0.508 e. The molecule has 0 heterocycles. The first-order chi connectivity index (χ1) is 9.01. The van der Waals surface area contributed by atoms with Crippen LogP contribution in [0.4, 0.5) is 0 Å². The zero-order chi connectivity index (χ0) is 14.7. The molecule has 0 saturated carbocycles. The number of hydrogen-bond donors (Lipinski definition) is 2. The third kappa shape index (κ3) is 9.33. The van der Waals surface area contributed by atoms with Crippen LogP contribution in [0.2, 0.25) is 0 Å². The highest BCUT2D eigenvalue weighted by molar-refractivity contribution is 6.19. The van der Waals surface area contributed by atoms with E-state index < -0.39 is 5.56 Å². The van der Waals surface area contributed by atoms with Gasteiger partial charge in [-0.2, -0.15) is 0 Å². The number of carbonyl (C=O) groups excluding carboxylic acids is 1. The zero-order valence-electron chi connectivity index (χ0n) is 11.3. The Hall–Kier alpha value is -1.26. The van der Waals surface area contributed by atoms with Gasteiger partial charge in [0.25, 0.3) is 0 Å². The highest BCUT2D eigenvalue weighted by Gasteiger charge is 2.05. The van der Waals surface area contributed by atoms with Crippen molar-refractivity contribution >= 4 is 17.6 Å². The third-order valence-electron chi connectivity index (χ3n) is 2.07. The molecule has 0 aliphatic rings. The monoisotopic (exact) mass is 288 g/mol. The number of carbonyl (C=O) groups is 1. The van der Waals surface area contributed by atoms with Crippen molar-refractivity contribution in [2.75, 3.05) is 6.61 Å². The Morgan fingerprint density at radius 2 is 1.84 bits per heavy atom. The molecule has 0 spiro atoms. The van der Waals surface area contributed by atoms with E-state index in [1.54, 1.807) is 0 Å². The van der Waals surface area contributed by atoms with Crippen LogP contribution in [0, 0.1) is 0 Å². The summed E-state index contributed by atoms with van der Waals surface area (Å²) in [6.45, 7) is 4.34. The molecule has 19 heavy (non-hydrogen) atoms. The smallest absolute Gasteiger partial charge is 0.338 e. The third-order valence-corrected chi connectivity index (χ3v) is 2.29. The SMILES string of the molecule is CCCC(O)Cl.CCCOC(=O)c1ccc(O)cc1. The van der Waals surface area contributed by atoms with Crippen molar-refractivity contribution in [3.05, 3.63) is 29.8 Å². The van der Waals surface area contributed by atoms with Gasteiger partial charge in [-0.25, -0.2) is 4.79 Å². The molecule has 0 bridgehead atoms. The Balaban J connectivity index is 0.000000459. The lowest BCUT2D eigenvalue weighted by Crippen LogP contribution is -2.05. The molecule has 0 aromatic heterocycles. The average molecular weight is 289 g/mol. The van der Waals surface area contributed by atoms with E-state index in [4.69, 9.17) is 26.6 Å². The minimum absolute atomic E-state index is 0.145. The molecule has 108 valence electrons. The van der Waals surface area contributed by atoms with Crippen LogP contribution in [0.5, 0.6) is 5.75 Å². The summed E-state index contributed by atoms with van der Waals surface area (Å²) in [5.74, 6) is -0.200. The van der Waals surface area contributed by atoms with Crippen molar-refractivity contribution in [3.63, 3.8) is 0 Å². The van der Waals surface area contributed by atoms with Gasteiger partial charge in [0, 0.05) is 0 Å². The molecule has 0 radical (unpaired) electrons. The first-order valence-corrected chi connectivity index (χ1v) is 6.73. The summed E-state index contributed by atoms with van der Waals surface area (Å²) in [5.41, 5.74) is -0.166. The standard InChI is InChI=1S/C10H12O3.C4H9ClO/c1-2-7-13-10(12)8-3-5-9(11)6-4-8;1-2-3-4(5)6/h3-6,11H,2,7H2,1H3;4,6H,2-3H2,1H3. The van der Waals surface area contributed by atoms with Crippen molar-refractivity contribution in [1.82, 2.24) is 0 Å². The molecule has 0 aliphatic carbocycles. The maximum Gasteiger partial charge on any atom is 0.338 e. The number of hydrogen-bond acceptors (Lipinski definition) is 4. The molecule has 0 saturated heterocycles. The Bertz CT molecular complexity index is 349. The van der Waals surface area contributed by atoms with Crippen LogP contribution in [0.25, 0.3) is 0 Å². The lowest BCUT2D eigenvalue weighted by molar-refractivity contribution is 0.0505. The number of ether oxygens (including phenoxy) is 1. The fourth-order valence-corrected chi connectivity index (χ4v) is 1.33. The molecule has 2 N–H and O–H groups in total. The maximum atomic E-state index is 11.2. The number of halogens is 1. The lowest BCUT2D eigenvalue weighted by atomic mass is 10.2. The number of rotatable bonds is 5. The quantitative estimate of drug-likeness (QED) is 0.644. The molecule has 0 aliphatic heterocycles. The van der Waals surface area contributed by atoms with Crippen LogP contribution in [0.15, 0.2) is 24.3 Å². The maximum absolute atomic E-state index is 11.2. The molecule has 1 aromatic rings. The number of phenols is 1. The van der Waals surface area contributed by atoms with Crippen LogP contribution in [-0.4, -0.2) is 28.4 Å². The van der Waals surface area contributed by atoms with E-state index in [1.165, 1.54) is 24.3 Å². The van der Waals surface area contributed by atoms with E-state index in [1.807, 2.05) is 13.8 Å². The molecule has 4 nitrogen and oxygen atoms in total. The molecule has 0 amide bonds. The second-order valence-electron chi connectivity index (χ2n) is 3.91. The number of phenolic OH excluding ortho intramolecular Hbond substituents is 1. The Kier molecular flexibility index (Phi) is 9.94. The molecule has 1 rings (SSSR count). The summed E-state index contributed by atoms with van der Waals surface area (Å²) < 4.78 is 4.90. The second kappa shape index (κ2) is 10.6. The van der Waals surface area contributed by atoms with Gasteiger partial charge in [0.05, 0.1) is 12.2 Å². The van der Waals surface area contributed by atoms with Gasteiger partial charge in [0.1, 0.15) is 11.3 Å². The van der Waals surface area contributed by atoms with Gasteiger partial charge < -0.3 is 14.9 Å². The lowest BCUT2D eigenvalue weighted by Gasteiger charge is -2.02. The van der Waals surface area contributed by atoms with Crippen molar-refractivity contribution in [3.8, 4) is 5.75 Å². The van der Waals surface area contributed by atoms with E-state index >= 15 is 0 Å². The van der Waals surface area contributed by atoms with Crippen molar-refractivity contribution in [2.45, 2.75) is 38.7 Å². The van der Waals surface area contributed by atoms with Crippen LogP contribution in [0.1, 0.15) is 43.5 Å². The molecular formula is C14H21ClO4. The summed E-state index contributed by atoms with van der Waals surface area (Å²) in [5, 5.41) is 17.3. The van der Waals surface area contributed by atoms with Gasteiger partial charge in [-0.15, -0.1) is 0 Å². The van der Waals surface area contributed by atoms with Crippen LogP contribution in [0.3, 0.4) is 0 Å². The molecule has 1 atom stereocenters. The fraction of sp³-hybridized carbons (Fsp3) is 0.500. The summed E-state index contributed by atoms with van der Waals surface area (Å²) >= 11 is 5.13. The van der Waals surface area contributed by atoms with Crippen molar-refractivity contribution < 1.29 is 19.7 Å². The highest BCUT2D eigenvalue weighted by atomic mass is 35.5. The molecule has 1 aromatic carbocycles. The average Bonchev–Trinajstić information content (AvgIpc) is 2.37. The van der Waals surface area contributed by atoms with Gasteiger partial charge in [-0.3, -0.25) is 0 Å². The van der Waals surface area contributed by atoms with Crippen molar-refractivity contribution in [2.24, 2.45) is 0 Å². The second-order valence-corrected chi connectivity index (χ2v) is 4.41. The van der Waals surface area contributed by atoms with E-state index in [-0.39, 0.29) is 11.7 Å². The first-order valence-electron chi connectivity index (χ1n) is 6.29. The fourth-order valence-electron chi connectivity index (χ4n) is 1.11. The number of aromatic hydroxyl groups is 1. The van der Waals surface area contributed by atoms with Gasteiger partial charge >= 0.3 is 5.97 Å². The van der Waals surface area contributed by atoms with E-state index in [0.717, 1.165) is 12.8 Å². The summed E-state index contributed by atoms with van der Waals surface area (Å²) in [7, 11) is 0. The minimum atomic E-state index is -0.630. The first kappa shape index (κ1) is 17.7. The predicted octanol–water partition coefficient (Wildman–Crippen LogP) is 3.30. The number of aliphatic hydroxyl groups excluding tert-OH is 1. The number of aliphatic hydroxyl groups is 1. The van der Waals surface area contributed by atoms with Gasteiger partial charge in [0.15, 0.2) is 0 Å². The number of alkyl halides is 1. The zero-order valence-corrected chi connectivity index (χ0v) is 12.1. The molecular weight excluding hydrogens is 268 g/mol. The van der Waals surface area contributed by atoms with Gasteiger partial charge in [-0.05, 0) is 37.1 Å². The van der Waals surface area contributed by atoms with E-state index in [9.17, 15) is 4.79 Å². The largest absolute Gasteiger partial charge is 0.508 e.